The third-order valence-corrected chi connectivity index (χ3v) is 6.30. The van der Waals surface area contributed by atoms with E-state index in [-0.39, 0.29) is 0 Å². The number of fused-ring (bicyclic) bond motifs is 2. The maximum atomic E-state index is 6.23. The highest BCUT2D eigenvalue weighted by Gasteiger charge is 2.21. The average Bonchev–Trinajstić information content (AvgIpc) is 3.29. The Labute approximate surface area is 163 Å². The van der Waals surface area contributed by atoms with Crippen LogP contribution < -0.4 is 9.47 Å². The lowest BCUT2D eigenvalue weighted by Gasteiger charge is -2.17. The molecule has 2 aromatic carbocycles. The molecule has 2 heteroatoms. The molecule has 0 unspecified atom stereocenters. The summed E-state index contributed by atoms with van der Waals surface area (Å²) < 4.78 is 12.5. The molecule has 0 amide bonds. The summed E-state index contributed by atoms with van der Waals surface area (Å²) >= 11 is 0. The molecule has 0 spiro atoms. The first-order chi connectivity index (χ1) is 13.1. The Bertz CT molecular complexity index is 792. The summed E-state index contributed by atoms with van der Waals surface area (Å²) in [4.78, 5) is 0. The fraction of sp³-hybridized carbons (Fsp3) is 0.520. The summed E-state index contributed by atoms with van der Waals surface area (Å²) in [7, 11) is 0. The zero-order valence-corrected chi connectivity index (χ0v) is 17.3. The van der Waals surface area contributed by atoms with E-state index in [2.05, 4.69) is 39.8 Å². The molecule has 4 rings (SSSR count). The van der Waals surface area contributed by atoms with Crippen LogP contribution in [0.3, 0.4) is 0 Å². The standard InChI is InChI=1S/C25H32O2/c1-16-14-18(3)24(22-10-5-8-20(16)22)26-12-7-13-27-25-19(4)15-17(2)21-9-6-11-23(21)25/h14-15H,5-13H2,1-4H3. The van der Waals surface area contributed by atoms with Gasteiger partial charge in [0.2, 0.25) is 0 Å². The molecule has 0 fully saturated rings. The topological polar surface area (TPSA) is 18.5 Å². The van der Waals surface area contributed by atoms with Gasteiger partial charge in [0.05, 0.1) is 13.2 Å². The van der Waals surface area contributed by atoms with Crippen molar-refractivity contribution in [3.05, 3.63) is 56.6 Å². The highest BCUT2D eigenvalue weighted by molar-refractivity contribution is 5.53. The van der Waals surface area contributed by atoms with Crippen LogP contribution in [-0.4, -0.2) is 13.2 Å². The summed E-state index contributed by atoms with van der Waals surface area (Å²) in [5.74, 6) is 2.28. The Morgan fingerprint density at radius 1 is 0.593 bits per heavy atom. The molecule has 0 aromatic heterocycles. The molecular formula is C25H32O2. The number of aryl methyl sites for hydroxylation is 4. The van der Waals surface area contributed by atoms with Gasteiger partial charge in [0.15, 0.2) is 0 Å². The van der Waals surface area contributed by atoms with E-state index in [0.29, 0.717) is 0 Å². The van der Waals surface area contributed by atoms with Crippen LogP contribution in [0.4, 0.5) is 0 Å². The molecule has 27 heavy (non-hydrogen) atoms. The van der Waals surface area contributed by atoms with Crippen molar-refractivity contribution in [3.8, 4) is 11.5 Å². The SMILES string of the molecule is Cc1cc(C)c(OCCCOc2c(C)cc(C)c3c2CCC3)c2c1CCC2. The highest BCUT2D eigenvalue weighted by atomic mass is 16.5. The fourth-order valence-corrected chi connectivity index (χ4v) is 5.10. The van der Waals surface area contributed by atoms with E-state index in [9.17, 15) is 0 Å². The first kappa shape index (κ1) is 18.4. The minimum atomic E-state index is 0.726. The first-order valence-corrected chi connectivity index (χ1v) is 10.6. The number of hydrogen-bond acceptors (Lipinski definition) is 2. The number of rotatable bonds is 6. The monoisotopic (exact) mass is 364 g/mol. The predicted molar refractivity (Wildman–Crippen MR) is 111 cm³/mol. The molecule has 0 radical (unpaired) electrons. The van der Waals surface area contributed by atoms with Gasteiger partial charge in [-0.1, -0.05) is 12.1 Å². The Morgan fingerprint density at radius 3 is 1.44 bits per heavy atom. The molecule has 0 N–H and O–H groups in total. The van der Waals surface area contributed by atoms with Crippen molar-refractivity contribution in [2.45, 2.75) is 72.6 Å². The molecule has 0 saturated carbocycles. The van der Waals surface area contributed by atoms with Gasteiger partial charge in [0.1, 0.15) is 11.5 Å². The second-order valence-electron chi connectivity index (χ2n) is 8.35. The lowest BCUT2D eigenvalue weighted by Crippen LogP contribution is -2.09. The zero-order valence-electron chi connectivity index (χ0n) is 17.3. The highest BCUT2D eigenvalue weighted by Crippen LogP contribution is 2.37. The normalized spacial score (nSPS) is 15.0. The molecule has 2 aliphatic carbocycles. The van der Waals surface area contributed by atoms with E-state index in [1.54, 1.807) is 0 Å². The molecule has 2 nitrogen and oxygen atoms in total. The maximum absolute atomic E-state index is 6.23. The summed E-state index contributed by atoms with van der Waals surface area (Å²) in [5, 5.41) is 0. The largest absolute Gasteiger partial charge is 0.493 e. The van der Waals surface area contributed by atoms with E-state index in [1.807, 2.05) is 0 Å². The lowest BCUT2D eigenvalue weighted by atomic mass is 10.00. The van der Waals surface area contributed by atoms with Crippen LogP contribution in [0.25, 0.3) is 0 Å². The molecule has 0 bridgehead atoms. The van der Waals surface area contributed by atoms with Crippen LogP contribution in [0.15, 0.2) is 12.1 Å². The van der Waals surface area contributed by atoms with Gasteiger partial charge in [-0.3, -0.25) is 0 Å². The summed E-state index contributed by atoms with van der Waals surface area (Å²) in [6.07, 6.45) is 8.19. The predicted octanol–water partition coefficient (Wildman–Crippen LogP) is 5.75. The third kappa shape index (κ3) is 3.47. The van der Waals surface area contributed by atoms with E-state index < -0.39 is 0 Å². The van der Waals surface area contributed by atoms with Crippen LogP contribution in [-0.2, 0) is 25.7 Å². The van der Waals surface area contributed by atoms with Gasteiger partial charge in [-0.15, -0.1) is 0 Å². The number of benzene rings is 2. The molecule has 2 aromatic rings. The number of hydrogen-bond donors (Lipinski definition) is 0. The van der Waals surface area contributed by atoms with Gasteiger partial charge < -0.3 is 9.47 Å². The lowest BCUT2D eigenvalue weighted by molar-refractivity contribution is 0.243. The first-order valence-electron chi connectivity index (χ1n) is 10.6. The van der Waals surface area contributed by atoms with Gasteiger partial charge in [-0.2, -0.15) is 0 Å². The summed E-state index contributed by atoms with van der Waals surface area (Å²) in [6.45, 7) is 10.3. The van der Waals surface area contributed by atoms with E-state index in [1.165, 1.54) is 83.0 Å². The van der Waals surface area contributed by atoms with Crippen molar-refractivity contribution in [1.82, 2.24) is 0 Å². The minimum Gasteiger partial charge on any atom is -0.493 e. The number of ether oxygens (including phenoxy) is 2. The van der Waals surface area contributed by atoms with E-state index >= 15 is 0 Å². The van der Waals surface area contributed by atoms with Gasteiger partial charge in [0.25, 0.3) is 0 Å². The van der Waals surface area contributed by atoms with Gasteiger partial charge in [-0.05, 0) is 111 Å². The van der Waals surface area contributed by atoms with Crippen LogP contribution in [0.1, 0.15) is 63.8 Å². The van der Waals surface area contributed by atoms with Crippen molar-refractivity contribution >= 4 is 0 Å². The second-order valence-corrected chi connectivity index (χ2v) is 8.35. The Balaban J connectivity index is 1.36. The average molecular weight is 365 g/mol. The minimum absolute atomic E-state index is 0.726. The molecule has 144 valence electrons. The maximum Gasteiger partial charge on any atom is 0.125 e. The van der Waals surface area contributed by atoms with E-state index in [4.69, 9.17) is 9.47 Å². The third-order valence-electron chi connectivity index (χ3n) is 6.30. The van der Waals surface area contributed by atoms with Crippen LogP contribution in [0.5, 0.6) is 11.5 Å². The molecule has 0 saturated heterocycles. The van der Waals surface area contributed by atoms with Crippen molar-refractivity contribution in [3.63, 3.8) is 0 Å². The van der Waals surface area contributed by atoms with Gasteiger partial charge >= 0.3 is 0 Å². The Hall–Kier alpha value is -1.96. The molecule has 2 aliphatic rings. The van der Waals surface area contributed by atoms with Crippen LogP contribution >= 0.6 is 0 Å². The molecule has 0 aliphatic heterocycles. The van der Waals surface area contributed by atoms with Gasteiger partial charge in [0, 0.05) is 6.42 Å². The van der Waals surface area contributed by atoms with Crippen molar-refractivity contribution < 1.29 is 9.47 Å². The Morgan fingerprint density at radius 2 is 1.00 bits per heavy atom. The van der Waals surface area contributed by atoms with Crippen molar-refractivity contribution in [2.24, 2.45) is 0 Å². The molecule has 0 heterocycles. The van der Waals surface area contributed by atoms with Crippen LogP contribution in [0, 0.1) is 27.7 Å². The zero-order chi connectivity index (χ0) is 19.0. The summed E-state index contributed by atoms with van der Waals surface area (Å²) in [5.41, 5.74) is 11.4. The Kier molecular flexibility index (Phi) is 5.16. The molecular weight excluding hydrogens is 332 g/mol. The fourth-order valence-electron chi connectivity index (χ4n) is 5.10. The summed E-state index contributed by atoms with van der Waals surface area (Å²) in [6, 6.07) is 4.57. The quantitative estimate of drug-likeness (QED) is 0.608. The smallest absolute Gasteiger partial charge is 0.125 e. The second kappa shape index (κ2) is 7.58. The van der Waals surface area contributed by atoms with Gasteiger partial charge in [-0.25, -0.2) is 0 Å². The van der Waals surface area contributed by atoms with E-state index in [0.717, 1.165) is 31.1 Å². The molecule has 0 atom stereocenters. The van der Waals surface area contributed by atoms with Crippen molar-refractivity contribution in [2.75, 3.05) is 13.2 Å². The van der Waals surface area contributed by atoms with Crippen LogP contribution in [0.2, 0.25) is 0 Å². The van der Waals surface area contributed by atoms with Crippen molar-refractivity contribution in [1.29, 1.82) is 0 Å².